The average molecular weight is 124 g/mol. The first-order chi connectivity index (χ1) is 4.34. The molecule has 1 heterocycles. The van der Waals surface area contributed by atoms with Gasteiger partial charge in [-0.2, -0.15) is 5.26 Å². The van der Waals surface area contributed by atoms with E-state index >= 15 is 0 Å². The molecule has 0 aromatic carbocycles. The van der Waals surface area contributed by atoms with Crippen molar-refractivity contribution in [3.05, 3.63) is 11.8 Å². The maximum atomic E-state index is 8.90. The Labute approximate surface area is 52.1 Å². The second-order valence-electron chi connectivity index (χ2n) is 1.59. The first-order valence-electron chi connectivity index (χ1n) is 2.46. The highest BCUT2D eigenvalue weighted by Crippen LogP contribution is 1.90. The van der Waals surface area contributed by atoms with Crippen LogP contribution >= 0.6 is 0 Å². The SMILES string of the molecule is N#CC1=CNC=[NH+]C1O. The van der Waals surface area contributed by atoms with Crippen LogP contribution in [-0.2, 0) is 0 Å². The molecule has 1 unspecified atom stereocenters. The summed E-state index contributed by atoms with van der Waals surface area (Å²) in [6.07, 6.45) is 2.06. The fraction of sp³-hybridized carbons (Fsp3) is 0.200. The number of nitriles is 1. The Morgan fingerprint density at radius 1 is 1.89 bits per heavy atom. The lowest BCUT2D eigenvalue weighted by atomic mass is 10.3. The van der Waals surface area contributed by atoms with Crippen molar-refractivity contribution in [1.29, 1.82) is 5.26 Å². The molecule has 46 valence electrons. The van der Waals surface area contributed by atoms with Gasteiger partial charge >= 0.3 is 0 Å². The van der Waals surface area contributed by atoms with Gasteiger partial charge in [0.15, 0.2) is 0 Å². The second-order valence-corrected chi connectivity index (χ2v) is 1.59. The summed E-state index contributed by atoms with van der Waals surface area (Å²) in [5, 5.41) is 19.8. The third-order valence-electron chi connectivity index (χ3n) is 0.987. The molecule has 0 saturated carbocycles. The van der Waals surface area contributed by atoms with E-state index in [-0.39, 0.29) is 5.57 Å². The van der Waals surface area contributed by atoms with E-state index in [0.29, 0.717) is 0 Å². The minimum absolute atomic E-state index is 0.289. The van der Waals surface area contributed by atoms with E-state index in [9.17, 15) is 0 Å². The molecule has 0 amide bonds. The largest absolute Gasteiger partial charge is 0.351 e. The summed E-state index contributed by atoms with van der Waals surface area (Å²) >= 11 is 0. The summed E-state index contributed by atoms with van der Waals surface area (Å²) in [6.45, 7) is 0. The maximum Gasteiger partial charge on any atom is 0.236 e. The molecule has 1 aliphatic rings. The van der Waals surface area contributed by atoms with Crippen LogP contribution < -0.4 is 10.3 Å². The fourth-order valence-electron chi connectivity index (χ4n) is 0.521. The van der Waals surface area contributed by atoms with Gasteiger partial charge in [0.05, 0.1) is 0 Å². The molecule has 9 heavy (non-hydrogen) atoms. The van der Waals surface area contributed by atoms with Crippen LogP contribution in [0.1, 0.15) is 0 Å². The predicted molar refractivity (Wildman–Crippen MR) is 29.9 cm³/mol. The molecular formula is C5H6N3O+. The molecule has 1 aliphatic heterocycles. The van der Waals surface area contributed by atoms with Crippen molar-refractivity contribution in [2.75, 3.05) is 0 Å². The Morgan fingerprint density at radius 3 is 3.11 bits per heavy atom. The Hall–Kier alpha value is -1.34. The van der Waals surface area contributed by atoms with Crippen LogP contribution in [0.15, 0.2) is 11.8 Å². The van der Waals surface area contributed by atoms with Gasteiger partial charge in [-0.25, -0.2) is 4.99 Å². The van der Waals surface area contributed by atoms with Gasteiger partial charge in [0.2, 0.25) is 12.6 Å². The van der Waals surface area contributed by atoms with Crippen molar-refractivity contribution >= 4 is 6.34 Å². The first kappa shape index (κ1) is 5.79. The second kappa shape index (κ2) is 2.29. The summed E-state index contributed by atoms with van der Waals surface area (Å²) in [5.41, 5.74) is 0.289. The number of hydrogen-bond donors (Lipinski definition) is 3. The van der Waals surface area contributed by atoms with Crippen molar-refractivity contribution in [2.45, 2.75) is 6.23 Å². The molecule has 1 rings (SSSR count). The van der Waals surface area contributed by atoms with Gasteiger partial charge in [-0.15, -0.1) is 0 Å². The van der Waals surface area contributed by atoms with Crippen molar-refractivity contribution in [2.24, 2.45) is 0 Å². The molecule has 0 fully saturated rings. The highest BCUT2D eigenvalue weighted by molar-refractivity contribution is 5.51. The fourth-order valence-corrected chi connectivity index (χ4v) is 0.521. The Kier molecular flexibility index (Phi) is 1.47. The van der Waals surface area contributed by atoms with Crippen LogP contribution in [0.3, 0.4) is 0 Å². The number of aliphatic hydroxyl groups excluding tert-OH is 1. The van der Waals surface area contributed by atoms with Gasteiger partial charge in [-0.05, 0) is 0 Å². The molecule has 4 nitrogen and oxygen atoms in total. The quantitative estimate of drug-likeness (QED) is 0.332. The van der Waals surface area contributed by atoms with E-state index in [0.717, 1.165) is 0 Å². The van der Waals surface area contributed by atoms with Crippen LogP contribution in [0, 0.1) is 11.3 Å². The van der Waals surface area contributed by atoms with Gasteiger partial charge in [-0.3, -0.25) is 5.32 Å². The standard InChI is InChI=1S/C5H5N3O/c6-1-4-2-7-3-8-5(4)9/h2-3,5,9H,(H,7,8)/p+1. The number of nitrogens with one attached hydrogen (secondary N) is 2. The number of aliphatic hydroxyl groups is 1. The zero-order chi connectivity index (χ0) is 6.69. The van der Waals surface area contributed by atoms with Crippen LogP contribution in [0.25, 0.3) is 0 Å². The third kappa shape index (κ3) is 1.06. The first-order valence-corrected chi connectivity index (χ1v) is 2.46. The average Bonchev–Trinajstić information content (AvgIpc) is 1.89. The molecule has 0 aliphatic carbocycles. The molecule has 0 aromatic heterocycles. The topological polar surface area (TPSA) is 70.0 Å². The smallest absolute Gasteiger partial charge is 0.236 e. The molecule has 0 bridgehead atoms. The summed E-state index contributed by atoms with van der Waals surface area (Å²) in [5.74, 6) is 0. The zero-order valence-corrected chi connectivity index (χ0v) is 4.63. The van der Waals surface area contributed by atoms with Gasteiger partial charge in [0, 0.05) is 0 Å². The summed E-state index contributed by atoms with van der Waals surface area (Å²) in [4.78, 5) is 2.51. The maximum absolute atomic E-state index is 8.90. The van der Waals surface area contributed by atoms with Crippen molar-refractivity contribution in [3.63, 3.8) is 0 Å². The van der Waals surface area contributed by atoms with E-state index in [4.69, 9.17) is 10.4 Å². The molecular weight excluding hydrogens is 118 g/mol. The molecule has 0 spiro atoms. The minimum Gasteiger partial charge on any atom is -0.351 e. The van der Waals surface area contributed by atoms with E-state index in [1.165, 1.54) is 12.5 Å². The lowest BCUT2D eigenvalue weighted by Gasteiger charge is -2.01. The zero-order valence-electron chi connectivity index (χ0n) is 4.63. The minimum atomic E-state index is -0.851. The highest BCUT2D eigenvalue weighted by Gasteiger charge is 2.13. The Bertz CT molecular complexity index is 201. The van der Waals surface area contributed by atoms with E-state index in [1.807, 2.05) is 6.07 Å². The highest BCUT2D eigenvalue weighted by atomic mass is 16.3. The lowest BCUT2D eigenvalue weighted by Crippen LogP contribution is -2.80. The van der Waals surface area contributed by atoms with Crippen LogP contribution in [0.4, 0.5) is 0 Å². The normalized spacial score (nSPS) is 24.0. The van der Waals surface area contributed by atoms with Crippen molar-refractivity contribution < 1.29 is 10.1 Å². The van der Waals surface area contributed by atoms with Gasteiger partial charge in [0.1, 0.15) is 17.8 Å². The number of rotatable bonds is 0. The van der Waals surface area contributed by atoms with E-state index in [1.54, 1.807) is 0 Å². The molecule has 4 heteroatoms. The molecule has 0 aromatic rings. The van der Waals surface area contributed by atoms with Gasteiger partial charge in [0.25, 0.3) is 0 Å². The summed E-state index contributed by atoms with van der Waals surface area (Å²) in [7, 11) is 0. The van der Waals surface area contributed by atoms with E-state index < -0.39 is 6.23 Å². The van der Waals surface area contributed by atoms with E-state index in [2.05, 4.69) is 10.3 Å². The molecule has 0 radical (unpaired) electrons. The molecule has 0 saturated heterocycles. The summed E-state index contributed by atoms with van der Waals surface area (Å²) < 4.78 is 0. The summed E-state index contributed by atoms with van der Waals surface area (Å²) in [6, 6.07) is 1.82. The van der Waals surface area contributed by atoms with Crippen molar-refractivity contribution in [1.82, 2.24) is 5.32 Å². The molecule has 3 N–H and O–H groups in total. The molecule has 1 atom stereocenters. The van der Waals surface area contributed by atoms with Crippen LogP contribution in [-0.4, -0.2) is 17.7 Å². The van der Waals surface area contributed by atoms with Gasteiger partial charge in [-0.1, -0.05) is 0 Å². The third-order valence-corrected chi connectivity index (χ3v) is 0.987. The lowest BCUT2D eigenvalue weighted by molar-refractivity contribution is -0.540. The number of hydrogen-bond acceptors (Lipinski definition) is 3. The van der Waals surface area contributed by atoms with Crippen LogP contribution in [0.2, 0.25) is 0 Å². The van der Waals surface area contributed by atoms with Crippen molar-refractivity contribution in [3.8, 4) is 6.07 Å². The number of nitrogens with zero attached hydrogens (tertiary/aromatic N) is 1. The van der Waals surface area contributed by atoms with Crippen LogP contribution in [0.5, 0.6) is 0 Å². The van der Waals surface area contributed by atoms with Gasteiger partial charge < -0.3 is 5.11 Å². The predicted octanol–water partition coefficient (Wildman–Crippen LogP) is -2.58. The monoisotopic (exact) mass is 124 g/mol. The Morgan fingerprint density at radius 2 is 2.67 bits per heavy atom. The Balaban J connectivity index is 2.73.